The Bertz CT molecular complexity index is 414. The van der Waals surface area contributed by atoms with Gasteiger partial charge in [0, 0.05) is 6.54 Å². The van der Waals surface area contributed by atoms with Crippen molar-refractivity contribution in [2.75, 3.05) is 17.6 Å². The quantitative estimate of drug-likeness (QED) is 0.574. The van der Waals surface area contributed by atoms with Gasteiger partial charge in [0.25, 0.3) is 12.3 Å². The average molecular weight is 246 g/mol. The van der Waals surface area contributed by atoms with Crippen LogP contribution < -0.4 is 16.8 Å². The maximum atomic E-state index is 12.0. The molecule has 1 rings (SSSR count). The van der Waals surface area contributed by atoms with Crippen molar-refractivity contribution in [2.24, 2.45) is 5.73 Å². The number of primary amides is 1. The Morgan fingerprint density at radius 3 is 2.76 bits per heavy atom. The van der Waals surface area contributed by atoms with Crippen LogP contribution in [0.25, 0.3) is 0 Å². The van der Waals surface area contributed by atoms with Crippen molar-refractivity contribution in [1.82, 2.24) is 4.98 Å². The van der Waals surface area contributed by atoms with E-state index in [0.29, 0.717) is 0 Å². The number of carbonyl (C=O) groups is 1. The number of rotatable bonds is 5. The molecule has 0 bridgehead atoms. The lowest BCUT2D eigenvalue weighted by Gasteiger charge is -2.13. The summed E-state index contributed by atoms with van der Waals surface area (Å²) in [6.45, 7) is -0.450. The third-order valence-corrected chi connectivity index (χ3v) is 1.94. The van der Waals surface area contributed by atoms with Gasteiger partial charge < -0.3 is 21.9 Å². The molecule has 0 saturated carbocycles. The molecule has 6 nitrogen and oxygen atoms in total. The summed E-state index contributed by atoms with van der Waals surface area (Å²) in [6, 6.07) is 1.27. The molecule has 0 saturated heterocycles. The number of alkyl halides is 2. The van der Waals surface area contributed by atoms with E-state index in [0.717, 1.165) is 0 Å². The molecule has 0 aliphatic carbocycles. The van der Waals surface area contributed by atoms with Crippen molar-refractivity contribution < 1.29 is 18.7 Å². The lowest BCUT2D eigenvalue weighted by molar-refractivity contribution is 0.00380. The van der Waals surface area contributed by atoms with E-state index in [9.17, 15) is 13.6 Å². The molecule has 0 spiro atoms. The Kier molecular flexibility index (Phi) is 4.16. The molecule has 0 aliphatic rings. The summed E-state index contributed by atoms with van der Waals surface area (Å²) in [5.74, 6) is -0.787. The number of nitrogens with one attached hydrogen (secondary N) is 1. The van der Waals surface area contributed by atoms with Crippen LogP contribution in [0, 0.1) is 0 Å². The van der Waals surface area contributed by atoms with Gasteiger partial charge in [0.1, 0.15) is 11.9 Å². The number of nitrogens with zero attached hydrogens (tertiary/aromatic N) is 1. The molecule has 1 amide bonds. The topological polar surface area (TPSA) is 114 Å². The van der Waals surface area contributed by atoms with Crippen LogP contribution in [0.3, 0.4) is 0 Å². The largest absolute Gasteiger partial charge is 0.397 e. The Hall–Kier alpha value is -1.96. The third kappa shape index (κ3) is 3.52. The summed E-state index contributed by atoms with van der Waals surface area (Å²) >= 11 is 0. The molecule has 0 fully saturated rings. The Balaban J connectivity index is 2.80. The first-order valence-electron chi connectivity index (χ1n) is 4.67. The van der Waals surface area contributed by atoms with E-state index in [1.165, 1.54) is 12.3 Å². The molecule has 1 heterocycles. The molecular weight excluding hydrogens is 234 g/mol. The molecule has 1 aromatic heterocycles. The average Bonchev–Trinajstić information content (AvgIpc) is 2.26. The van der Waals surface area contributed by atoms with Crippen LogP contribution in [-0.4, -0.2) is 35.1 Å². The number of amides is 1. The van der Waals surface area contributed by atoms with E-state index >= 15 is 0 Å². The fourth-order valence-corrected chi connectivity index (χ4v) is 1.10. The molecule has 0 aliphatic heterocycles. The van der Waals surface area contributed by atoms with Gasteiger partial charge in [-0.2, -0.15) is 0 Å². The fourth-order valence-electron chi connectivity index (χ4n) is 1.10. The standard InChI is InChI=1S/C9H12F2N4O2/c10-7(11)6(16)3-15-9-5(8(13)17)1-4(12)2-14-9/h1-2,6-7,16H,3,12H2,(H2,13,17)(H,14,15). The van der Waals surface area contributed by atoms with Crippen LogP contribution in [0.15, 0.2) is 12.3 Å². The third-order valence-electron chi connectivity index (χ3n) is 1.94. The first-order chi connectivity index (χ1) is 7.91. The molecule has 17 heavy (non-hydrogen) atoms. The van der Waals surface area contributed by atoms with Crippen molar-refractivity contribution in [3.63, 3.8) is 0 Å². The summed E-state index contributed by atoms with van der Waals surface area (Å²) in [5, 5.41) is 11.3. The lowest BCUT2D eigenvalue weighted by Crippen LogP contribution is -2.28. The number of anilines is 2. The number of aromatic nitrogens is 1. The van der Waals surface area contributed by atoms with Gasteiger partial charge in [0.15, 0.2) is 0 Å². The van der Waals surface area contributed by atoms with Gasteiger partial charge in [-0.15, -0.1) is 0 Å². The van der Waals surface area contributed by atoms with Crippen molar-refractivity contribution in [1.29, 1.82) is 0 Å². The van der Waals surface area contributed by atoms with E-state index in [2.05, 4.69) is 10.3 Å². The van der Waals surface area contributed by atoms with Gasteiger partial charge in [-0.3, -0.25) is 4.79 Å². The highest BCUT2D eigenvalue weighted by Crippen LogP contribution is 2.15. The summed E-state index contributed by atoms with van der Waals surface area (Å²) < 4.78 is 24.1. The highest BCUT2D eigenvalue weighted by atomic mass is 19.3. The van der Waals surface area contributed by atoms with Crippen LogP contribution in [0.1, 0.15) is 10.4 Å². The van der Waals surface area contributed by atoms with Crippen LogP contribution in [0.4, 0.5) is 20.3 Å². The van der Waals surface area contributed by atoms with Crippen molar-refractivity contribution in [3.05, 3.63) is 17.8 Å². The molecule has 6 N–H and O–H groups in total. The zero-order valence-corrected chi connectivity index (χ0v) is 8.73. The maximum Gasteiger partial charge on any atom is 0.265 e. The van der Waals surface area contributed by atoms with E-state index in [4.69, 9.17) is 16.6 Å². The van der Waals surface area contributed by atoms with Gasteiger partial charge in [0.05, 0.1) is 17.4 Å². The zero-order chi connectivity index (χ0) is 13.0. The number of aliphatic hydroxyl groups is 1. The molecule has 1 unspecified atom stereocenters. The van der Waals surface area contributed by atoms with Crippen molar-refractivity contribution in [3.8, 4) is 0 Å². The van der Waals surface area contributed by atoms with E-state index < -0.39 is 25.0 Å². The van der Waals surface area contributed by atoms with Gasteiger partial charge in [0.2, 0.25) is 0 Å². The molecule has 0 aromatic carbocycles. The lowest BCUT2D eigenvalue weighted by atomic mass is 10.2. The second-order valence-corrected chi connectivity index (χ2v) is 3.31. The minimum Gasteiger partial charge on any atom is -0.397 e. The summed E-state index contributed by atoms with van der Waals surface area (Å²) in [7, 11) is 0. The maximum absolute atomic E-state index is 12.0. The molecule has 1 aromatic rings. The smallest absolute Gasteiger partial charge is 0.265 e. The molecule has 1 atom stereocenters. The molecule has 0 radical (unpaired) electrons. The second kappa shape index (κ2) is 5.39. The first kappa shape index (κ1) is 13.1. The van der Waals surface area contributed by atoms with E-state index in [1.54, 1.807) is 0 Å². The Morgan fingerprint density at radius 1 is 1.59 bits per heavy atom. The van der Waals surface area contributed by atoms with E-state index in [-0.39, 0.29) is 17.1 Å². The zero-order valence-electron chi connectivity index (χ0n) is 8.73. The van der Waals surface area contributed by atoms with Crippen LogP contribution in [0.2, 0.25) is 0 Å². The van der Waals surface area contributed by atoms with Crippen molar-refractivity contribution >= 4 is 17.4 Å². The number of hydrogen-bond acceptors (Lipinski definition) is 5. The number of hydrogen-bond donors (Lipinski definition) is 4. The SMILES string of the molecule is NC(=O)c1cc(N)cnc1NCC(O)C(F)F. The van der Waals surface area contributed by atoms with Crippen LogP contribution >= 0.6 is 0 Å². The van der Waals surface area contributed by atoms with Gasteiger partial charge >= 0.3 is 0 Å². The number of nitrogens with two attached hydrogens (primary N) is 2. The monoisotopic (exact) mass is 246 g/mol. The Morgan fingerprint density at radius 2 is 2.24 bits per heavy atom. The highest BCUT2D eigenvalue weighted by molar-refractivity contribution is 5.98. The Labute approximate surface area is 95.6 Å². The number of halogens is 2. The molecular formula is C9H12F2N4O2. The fraction of sp³-hybridized carbons (Fsp3) is 0.333. The first-order valence-corrected chi connectivity index (χ1v) is 4.67. The summed E-state index contributed by atoms with van der Waals surface area (Å²) in [5.41, 5.74) is 10.7. The number of aliphatic hydroxyl groups excluding tert-OH is 1. The number of nitrogen functional groups attached to an aromatic ring is 1. The highest BCUT2D eigenvalue weighted by Gasteiger charge is 2.18. The predicted molar refractivity (Wildman–Crippen MR) is 57.7 cm³/mol. The van der Waals surface area contributed by atoms with Crippen molar-refractivity contribution in [2.45, 2.75) is 12.5 Å². The van der Waals surface area contributed by atoms with Gasteiger partial charge in [-0.25, -0.2) is 13.8 Å². The van der Waals surface area contributed by atoms with E-state index in [1.807, 2.05) is 0 Å². The number of carbonyl (C=O) groups excluding carboxylic acids is 1. The van der Waals surface area contributed by atoms with Gasteiger partial charge in [-0.05, 0) is 6.07 Å². The van der Waals surface area contributed by atoms with Crippen LogP contribution in [0.5, 0.6) is 0 Å². The summed E-state index contributed by atoms with van der Waals surface area (Å²) in [6.07, 6.45) is -3.49. The second-order valence-electron chi connectivity index (χ2n) is 3.31. The minimum absolute atomic E-state index is 0.00593. The molecule has 8 heteroatoms. The normalized spacial score (nSPS) is 12.5. The van der Waals surface area contributed by atoms with Crippen LogP contribution in [-0.2, 0) is 0 Å². The summed E-state index contributed by atoms with van der Waals surface area (Å²) in [4.78, 5) is 14.8. The van der Waals surface area contributed by atoms with Gasteiger partial charge in [-0.1, -0.05) is 0 Å². The minimum atomic E-state index is -2.88. The molecule has 94 valence electrons. The number of pyridine rings is 1. The predicted octanol–water partition coefficient (Wildman–Crippen LogP) is -0.199.